The third kappa shape index (κ3) is 2.13. The number of pyridine rings is 1. The van der Waals surface area contributed by atoms with Crippen molar-refractivity contribution in [3.05, 3.63) is 52.5 Å². The van der Waals surface area contributed by atoms with Crippen molar-refractivity contribution in [1.82, 2.24) is 14.1 Å². The summed E-state index contributed by atoms with van der Waals surface area (Å²) < 4.78 is 27.0. The highest BCUT2D eigenvalue weighted by molar-refractivity contribution is 5.25. The number of imidazole rings is 1. The summed E-state index contributed by atoms with van der Waals surface area (Å²) in [7, 11) is 0. The standard InChI is InChI=1S/C11H8F2N4O/c12-11(13)17-5-3-15-9(17)7-16-4-1-2-8(6-14)10(16)18/h1-5,11H,7H2. The number of halogens is 2. The van der Waals surface area contributed by atoms with Gasteiger partial charge >= 0.3 is 6.55 Å². The molecule has 2 aromatic heterocycles. The molecule has 0 saturated carbocycles. The summed E-state index contributed by atoms with van der Waals surface area (Å²) in [5.74, 6) is 0.0576. The van der Waals surface area contributed by atoms with Crippen molar-refractivity contribution in [3.63, 3.8) is 0 Å². The van der Waals surface area contributed by atoms with Gasteiger partial charge in [-0.25, -0.2) is 4.98 Å². The van der Waals surface area contributed by atoms with Crippen LogP contribution >= 0.6 is 0 Å². The van der Waals surface area contributed by atoms with Crippen LogP contribution in [0.2, 0.25) is 0 Å². The molecule has 0 radical (unpaired) electrons. The van der Waals surface area contributed by atoms with Crippen molar-refractivity contribution in [2.45, 2.75) is 13.1 Å². The normalized spacial score (nSPS) is 10.6. The molecule has 0 atom stereocenters. The SMILES string of the molecule is N#Cc1cccn(Cc2nccn2C(F)F)c1=O. The molecule has 0 saturated heterocycles. The molecule has 0 fully saturated rings. The van der Waals surface area contributed by atoms with Crippen LogP contribution in [0, 0.1) is 11.3 Å². The Morgan fingerprint density at radius 2 is 2.22 bits per heavy atom. The van der Waals surface area contributed by atoms with E-state index in [1.54, 1.807) is 6.07 Å². The molecule has 0 unspecified atom stereocenters. The van der Waals surface area contributed by atoms with Gasteiger partial charge in [0.25, 0.3) is 5.56 Å². The fourth-order valence-electron chi connectivity index (χ4n) is 1.54. The molecule has 7 heteroatoms. The van der Waals surface area contributed by atoms with Crippen LogP contribution in [-0.2, 0) is 6.54 Å². The second kappa shape index (κ2) is 4.79. The Balaban J connectivity index is 2.38. The lowest BCUT2D eigenvalue weighted by Gasteiger charge is -2.08. The van der Waals surface area contributed by atoms with Gasteiger partial charge in [0.1, 0.15) is 17.5 Å². The van der Waals surface area contributed by atoms with Crippen LogP contribution < -0.4 is 5.56 Å². The monoisotopic (exact) mass is 250 g/mol. The molecule has 0 aliphatic rings. The summed E-state index contributed by atoms with van der Waals surface area (Å²) in [6, 6.07) is 4.63. The summed E-state index contributed by atoms with van der Waals surface area (Å²) >= 11 is 0. The van der Waals surface area contributed by atoms with Crippen LogP contribution in [0.25, 0.3) is 0 Å². The average molecular weight is 250 g/mol. The van der Waals surface area contributed by atoms with Gasteiger partial charge in [-0.05, 0) is 12.1 Å². The molecular weight excluding hydrogens is 242 g/mol. The lowest BCUT2D eigenvalue weighted by Crippen LogP contribution is -2.23. The Kier molecular flexibility index (Phi) is 3.19. The molecule has 0 aliphatic carbocycles. The molecule has 0 N–H and O–H groups in total. The minimum atomic E-state index is -2.71. The second-order valence-corrected chi connectivity index (χ2v) is 3.50. The molecule has 5 nitrogen and oxygen atoms in total. The van der Waals surface area contributed by atoms with Gasteiger partial charge in [0.15, 0.2) is 0 Å². The largest absolute Gasteiger partial charge is 0.319 e. The van der Waals surface area contributed by atoms with Gasteiger partial charge in [0, 0.05) is 18.6 Å². The van der Waals surface area contributed by atoms with Crippen LogP contribution in [0.1, 0.15) is 17.9 Å². The van der Waals surface area contributed by atoms with E-state index in [-0.39, 0.29) is 17.9 Å². The maximum atomic E-state index is 12.6. The molecule has 2 rings (SSSR count). The van der Waals surface area contributed by atoms with Crippen LogP contribution in [0.3, 0.4) is 0 Å². The molecular formula is C11H8F2N4O. The minimum absolute atomic E-state index is 0.0346. The molecule has 18 heavy (non-hydrogen) atoms. The first-order valence-electron chi connectivity index (χ1n) is 5.03. The van der Waals surface area contributed by atoms with E-state index in [1.165, 1.54) is 29.1 Å². The maximum absolute atomic E-state index is 12.6. The summed E-state index contributed by atoms with van der Waals surface area (Å²) in [5, 5.41) is 8.71. The van der Waals surface area contributed by atoms with Crippen molar-refractivity contribution in [3.8, 4) is 6.07 Å². The van der Waals surface area contributed by atoms with E-state index in [4.69, 9.17) is 5.26 Å². The minimum Gasteiger partial charge on any atom is -0.307 e. The van der Waals surface area contributed by atoms with E-state index in [0.29, 0.717) is 4.57 Å². The van der Waals surface area contributed by atoms with Gasteiger partial charge in [-0.3, -0.25) is 9.36 Å². The Bertz CT molecular complexity index is 654. The van der Waals surface area contributed by atoms with Crippen molar-refractivity contribution >= 4 is 0 Å². The highest BCUT2D eigenvalue weighted by Gasteiger charge is 2.12. The summed E-state index contributed by atoms with van der Waals surface area (Å²) in [4.78, 5) is 15.5. The zero-order chi connectivity index (χ0) is 13.1. The maximum Gasteiger partial charge on any atom is 0.319 e. The van der Waals surface area contributed by atoms with Gasteiger partial charge in [0.2, 0.25) is 0 Å². The van der Waals surface area contributed by atoms with E-state index >= 15 is 0 Å². The molecule has 0 aromatic carbocycles. The van der Waals surface area contributed by atoms with Crippen LogP contribution in [0.15, 0.2) is 35.5 Å². The van der Waals surface area contributed by atoms with Crippen LogP contribution in [0.4, 0.5) is 8.78 Å². The molecule has 2 heterocycles. The molecule has 92 valence electrons. The van der Waals surface area contributed by atoms with E-state index < -0.39 is 12.1 Å². The lowest BCUT2D eigenvalue weighted by molar-refractivity contribution is 0.0666. The van der Waals surface area contributed by atoms with E-state index in [1.807, 2.05) is 0 Å². The number of alkyl halides is 2. The Morgan fingerprint density at radius 1 is 1.44 bits per heavy atom. The Labute approximate surface area is 101 Å². The Morgan fingerprint density at radius 3 is 2.89 bits per heavy atom. The van der Waals surface area contributed by atoms with Gasteiger partial charge in [0.05, 0.1) is 6.54 Å². The van der Waals surface area contributed by atoms with Crippen LogP contribution in [-0.4, -0.2) is 14.1 Å². The van der Waals surface area contributed by atoms with Crippen molar-refractivity contribution in [2.24, 2.45) is 0 Å². The zero-order valence-electron chi connectivity index (χ0n) is 9.12. The van der Waals surface area contributed by atoms with E-state index in [0.717, 1.165) is 6.20 Å². The molecule has 0 bridgehead atoms. The highest BCUT2D eigenvalue weighted by Crippen LogP contribution is 2.12. The first-order valence-corrected chi connectivity index (χ1v) is 5.03. The van der Waals surface area contributed by atoms with Gasteiger partial charge in [-0.1, -0.05) is 0 Å². The smallest absolute Gasteiger partial charge is 0.307 e. The zero-order valence-corrected chi connectivity index (χ0v) is 9.12. The Hall–Kier alpha value is -2.49. The highest BCUT2D eigenvalue weighted by atomic mass is 19.3. The first-order chi connectivity index (χ1) is 8.63. The predicted octanol–water partition coefficient (Wildman–Crippen LogP) is 1.36. The number of hydrogen-bond acceptors (Lipinski definition) is 3. The van der Waals surface area contributed by atoms with E-state index in [2.05, 4.69) is 4.98 Å². The third-order valence-corrected chi connectivity index (χ3v) is 2.41. The number of rotatable bonds is 3. The van der Waals surface area contributed by atoms with Crippen molar-refractivity contribution < 1.29 is 8.78 Å². The van der Waals surface area contributed by atoms with Crippen LogP contribution in [0.5, 0.6) is 0 Å². The lowest BCUT2D eigenvalue weighted by atomic mass is 10.3. The summed E-state index contributed by atoms with van der Waals surface area (Å²) in [5.41, 5.74) is -0.559. The predicted molar refractivity (Wildman–Crippen MR) is 58.0 cm³/mol. The molecule has 0 amide bonds. The van der Waals surface area contributed by atoms with Gasteiger partial charge in [-0.2, -0.15) is 14.0 Å². The fraction of sp³-hybridized carbons (Fsp3) is 0.182. The number of hydrogen-bond donors (Lipinski definition) is 0. The number of nitriles is 1. The topological polar surface area (TPSA) is 63.6 Å². The van der Waals surface area contributed by atoms with E-state index in [9.17, 15) is 13.6 Å². The third-order valence-electron chi connectivity index (χ3n) is 2.41. The van der Waals surface area contributed by atoms with Crippen molar-refractivity contribution in [1.29, 1.82) is 5.26 Å². The summed E-state index contributed by atoms with van der Waals surface area (Å²) in [6.45, 7) is -2.82. The molecule has 2 aromatic rings. The number of aromatic nitrogens is 3. The first kappa shape index (κ1) is 12.0. The quantitative estimate of drug-likeness (QED) is 0.826. The van der Waals surface area contributed by atoms with Crippen molar-refractivity contribution in [2.75, 3.05) is 0 Å². The second-order valence-electron chi connectivity index (χ2n) is 3.50. The number of nitrogens with zero attached hydrogens (tertiary/aromatic N) is 4. The molecule has 0 spiro atoms. The average Bonchev–Trinajstić information content (AvgIpc) is 2.80. The van der Waals surface area contributed by atoms with Gasteiger partial charge in [-0.15, -0.1) is 0 Å². The summed E-state index contributed by atoms with van der Waals surface area (Å²) in [6.07, 6.45) is 3.80. The van der Waals surface area contributed by atoms with Gasteiger partial charge < -0.3 is 4.57 Å². The molecule has 0 aliphatic heterocycles. The fourth-order valence-corrected chi connectivity index (χ4v) is 1.54.